The molecule has 25 heavy (non-hydrogen) atoms. The Morgan fingerprint density at radius 2 is 1.80 bits per heavy atom. The van der Waals surface area contributed by atoms with Crippen LogP contribution in [0.1, 0.15) is 18.4 Å². The molecule has 3 rings (SSSR count). The van der Waals surface area contributed by atoms with E-state index in [1.807, 2.05) is 48.5 Å². The maximum atomic E-state index is 12.7. The monoisotopic (exact) mass is 402 g/mol. The maximum absolute atomic E-state index is 12.7. The molecule has 2 aromatic carbocycles. The van der Waals surface area contributed by atoms with Gasteiger partial charge in [0, 0.05) is 16.6 Å². The molecule has 0 radical (unpaired) electrons. The van der Waals surface area contributed by atoms with Gasteiger partial charge in [0.2, 0.25) is 5.91 Å². The van der Waals surface area contributed by atoms with Gasteiger partial charge in [-0.05, 0) is 48.4 Å². The van der Waals surface area contributed by atoms with Crippen LogP contribution in [0.3, 0.4) is 0 Å². The van der Waals surface area contributed by atoms with E-state index in [9.17, 15) is 9.59 Å². The van der Waals surface area contributed by atoms with Gasteiger partial charge in [-0.1, -0.05) is 28.1 Å². The van der Waals surface area contributed by atoms with Gasteiger partial charge < -0.3 is 10.1 Å². The smallest absolute Gasteiger partial charge is 0.251 e. The first-order chi connectivity index (χ1) is 12.1. The van der Waals surface area contributed by atoms with E-state index in [1.165, 1.54) is 4.90 Å². The topological polar surface area (TPSA) is 58.6 Å². The molecular formula is C19H19BrN2O3. The Labute approximate surface area is 155 Å². The highest BCUT2D eigenvalue weighted by Gasteiger charge is 2.34. The van der Waals surface area contributed by atoms with Crippen molar-refractivity contribution < 1.29 is 14.3 Å². The second-order valence-electron chi connectivity index (χ2n) is 5.91. The van der Waals surface area contributed by atoms with Crippen LogP contribution in [-0.2, 0) is 16.1 Å². The molecule has 1 aliphatic rings. The molecule has 1 heterocycles. The van der Waals surface area contributed by atoms with Crippen molar-refractivity contribution in [1.82, 2.24) is 4.90 Å². The molecule has 2 amide bonds. The number of likely N-dealkylation sites (tertiary alicyclic amines) is 1. The van der Waals surface area contributed by atoms with Gasteiger partial charge in [0.25, 0.3) is 5.91 Å². The summed E-state index contributed by atoms with van der Waals surface area (Å²) in [5.74, 6) is 0.430. The van der Waals surface area contributed by atoms with E-state index in [4.69, 9.17) is 4.74 Å². The first kappa shape index (κ1) is 17.5. The van der Waals surface area contributed by atoms with Crippen molar-refractivity contribution in [2.45, 2.75) is 25.4 Å². The van der Waals surface area contributed by atoms with E-state index in [-0.39, 0.29) is 18.4 Å². The van der Waals surface area contributed by atoms with Gasteiger partial charge in [0.05, 0.1) is 13.7 Å². The minimum absolute atomic E-state index is 0.130. The van der Waals surface area contributed by atoms with E-state index in [0.717, 1.165) is 21.5 Å². The third-order valence-electron chi connectivity index (χ3n) is 4.20. The van der Waals surface area contributed by atoms with Gasteiger partial charge in [0.1, 0.15) is 11.8 Å². The van der Waals surface area contributed by atoms with Crippen LogP contribution in [0.4, 0.5) is 5.69 Å². The van der Waals surface area contributed by atoms with Crippen molar-refractivity contribution in [2.24, 2.45) is 0 Å². The van der Waals surface area contributed by atoms with Gasteiger partial charge in [0.15, 0.2) is 0 Å². The molecule has 0 bridgehead atoms. The first-order valence-electron chi connectivity index (χ1n) is 8.06. The van der Waals surface area contributed by atoms with E-state index in [0.29, 0.717) is 12.8 Å². The number of nitrogens with zero attached hydrogens (tertiary/aromatic N) is 1. The summed E-state index contributed by atoms with van der Waals surface area (Å²) in [6, 6.07) is 14.6. The molecule has 1 saturated heterocycles. The number of rotatable bonds is 5. The summed E-state index contributed by atoms with van der Waals surface area (Å²) in [5.41, 5.74) is 1.76. The number of amides is 2. The molecule has 0 saturated carbocycles. The number of halogens is 1. The average Bonchev–Trinajstić information content (AvgIpc) is 2.63. The molecule has 130 valence electrons. The van der Waals surface area contributed by atoms with Crippen molar-refractivity contribution in [3.8, 4) is 5.75 Å². The van der Waals surface area contributed by atoms with Gasteiger partial charge in [-0.2, -0.15) is 0 Å². The molecule has 1 aliphatic heterocycles. The molecule has 6 heteroatoms. The number of nitrogens with one attached hydrogen (secondary N) is 1. The number of benzene rings is 2. The zero-order chi connectivity index (χ0) is 17.8. The summed E-state index contributed by atoms with van der Waals surface area (Å²) < 4.78 is 6.11. The Bertz CT molecular complexity index is 759. The molecule has 0 spiro atoms. The summed E-state index contributed by atoms with van der Waals surface area (Å²) in [6.45, 7) is 0.278. The van der Waals surface area contributed by atoms with Crippen LogP contribution < -0.4 is 10.1 Å². The van der Waals surface area contributed by atoms with Gasteiger partial charge >= 0.3 is 0 Å². The zero-order valence-corrected chi connectivity index (χ0v) is 15.5. The molecule has 2 aromatic rings. The molecule has 0 aromatic heterocycles. The van der Waals surface area contributed by atoms with Gasteiger partial charge in [-0.25, -0.2) is 0 Å². The molecule has 0 aliphatic carbocycles. The van der Waals surface area contributed by atoms with Gasteiger partial charge in [-0.15, -0.1) is 0 Å². The molecule has 5 nitrogen and oxygen atoms in total. The summed E-state index contributed by atoms with van der Waals surface area (Å²) in [4.78, 5) is 26.3. The summed E-state index contributed by atoms with van der Waals surface area (Å²) >= 11 is 3.39. The minimum atomic E-state index is -0.392. The predicted octanol–water partition coefficient (Wildman–Crippen LogP) is 3.59. The number of ether oxygens (including phenoxy) is 1. The summed E-state index contributed by atoms with van der Waals surface area (Å²) in [5, 5.41) is 3.23. The fraction of sp³-hybridized carbons (Fsp3) is 0.263. The fourth-order valence-corrected chi connectivity index (χ4v) is 3.06. The highest BCUT2D eigenvalue weighted by atomic mass is 79.9. The van der Waals surface area contributed by atoms with Gasteiger partial charge in [-0.3, -0.25) is 14.5 Å². The van der Waals surface area contributed by atoms with Crippen molar-refractivity contribution in [1.29, 1.82) is 0 Å². The first-order valence-corrected chi connectivity index (χ1v) is 8.85. The largest absolute Gasteiger partial charge is 0.497 e. The Morgan fingerprint density at radius 3 is 2.44 bits per heavy atom. The normalized spacial score (nSPS) is 17.5. The van der Waals surface area contributed by atoms with Crippen molar-refractivity contribution >= 4 is 33.4 Å². The predicted molar refractivity (Wildman–Crippen MR) is 99.3 cm³/mol. The minimum Gasteiger partial charge on any atom is -0.497 e. The van der Waals surface area contributed by atoms with Crippen molar-refractivity contribution in [3.05, 3.63) is 58.6 Å². The Hall–Kier alpha value is -2.34. The lowest BCUT2D eigenvalue weighted by molar-refractivity contribution is -0.149. The SMILES string of the molecule is COc1ccc(CN2C(=O)CCC(Nc3ccc(Br)cc3)C2=O)cc1. The van der Waals surface area contributed by atoms with E-state index in [2.05, 4.69) is 21.2 Å². The standard InChI is InChI=1S/C19H19BrN2O3/c1-25-16-8-2-13(3-9-16)12-22-18(23)11-10-17(19(22)24)21-15-6-4-14(20)5-7-15/h2-9,17,21H,10-12H2,1H3. The van der Waals surface area contributed by atoms with Crippen molar-refractivity contribution in [2.75, 3.05) is 12.4 Å². The maximum Gasteiger partial charge on any atom is 0.251 e. The third kappa shape index (κ3) is 4.20. The Morgan fingerprint density at radius 1 is 1.12 bits per heavy atom. The quantitative estimate of drug-likeness (QED) is 0.776. The number of piperidine rings is 1. The van der Waals surface area contributed by atoms with Crippen LogP contribution in [0.15, 0.2) is 53.0 Å². The number of carbonyl (C=O) groups excluding carboxylic acids is 2. The average molecular weight is 403 g/mol. The third-order valence-corrected chi connectivity index (χ3v) is 4.73. The fourth-order valence-electron chi connectivity index (χ4n) is 2.80. The van der Waals surface area contributed by atoms with Crippen LogP contribution in [0.2, 0.25) is 0 Å². The summed E-state index contributed by atoms with van der Waals surface area (Å²) in [7, 11) is 1.60. The Kier molecular flexibility index (Phi) is 5.38. The summed E-state index contributed by atoms with van der Waals surface area (Å²) in [6.07, 6.45) is 0.864. The van der Waals surface area contributed by atoms with E-state index < -0.39 is 6.04 Å². The second-order valence-corrected chi connectivity index (χ2v) is 6.82. The van der Waals surface area contributed by atoms with Crippen LogP contribution in [-0.4, -0.2) is 29.9 Å². The highest BCUT2D eigenvalue weighted by molar-refractivity contribution is 9.10. The van der Waals surface area contributed by atoms with E-state index in [1.54, 1.807) is 7.11 Å². The lowest BCUT2D eigenvalue weighted by Gasteiger charge is -2.31. The van der Waals surface area contributed by atoms with Crippen LogP contribution in [0.25, 0.3) is 0 Å². The number of hydrogen-bond acceptors (Lipinski definition) is 4. The van der Waals surface area contributed by atoms with Crippen LogP contribution in [0, 0.1) is 0 Å². The molecule has 1 atom stereocenters. The number of imide groups is 1. The number of carbonyl (C=O) groups is 2. The number of methoxy groups -OCH3 is 1. The molecular weight excluding hydrogens is 384 g/mol. The lowest BCUT2D eigenvalue weighted by Crippen LogP contribution is -2.50. The highest BCUT2D eigenvalue weighted by Crippen LogP contribution is 2.22. The number of anilines is 1. The van der Waals surface area contributed by atoms with Crippen molar-refractivity contribution in [3.63, 3.8) is 0 Å². The van der Waals surface area contributed by atoms with E-state index >= 15 is 0 Å². The van der Waals surface area contributed by atoms with Crippen LogP contribution in [0.5, 0.6) is 5.75 Å². The lowest BCUT2D eigenvalue weighted by atomic mass is 10.0. The molecule has 1 unspecified atom stereocenters. The zero-order valence-electron chi connectivity index (χ0n) is 13.9. The molecule has 1 N–H and O–H groups in total. The molecule has 1 fully saturated rings. The number of hydrogen-bond donors (Lipinski definition) is 1. The Balaban J connectivity index is 1.70. The second kappa shape index (κ2) is 7.70. The van der Waals surface area contributed by atoms with Crippen LogP contribution >= 0.6 is 15.9 Å².